The van der Waals surface area contributed by atoms with Crippen molar-refractivity contribution in [2.75, 3.05) is 57.4 Å². The maximum Gasteiger partial charge on any atom is 0.228 e. The molecule has 0 aliphatic carbocycles. The number of hydrogen-bond donors (Lipinski definition) is 0. The van der Waals surface area contributed by atoms with Crippen LogP contribution in [-0.2, 0) is 14.3 Å². The van der Waals surface area contributed by atoms with Gasteiger partial charge >= 0.3 is 0 Å². The average molecular weight is 464 g/mol. The quantitative estimate of drug-likeness (QED) is 0.673. The second kappa shape index (κ2) is 9.58. The van der Waals surface area contributed by atoms with Crippen molar-refractivity contribution in [2.45, 2.75) is 25.7 Å². The first-order valence-corrected chi connectivity index (χ1v) is 11.5. The highest BCUT2D eigenvalue weighted by atomic mass is 79.9. The molecule has 0 radical (unpaired) electrons. The summed E-state index contributed by atoms with van der Waals surface area (Å²) < 4.78 is 6.36. The van der Waals surface area contributed by atoms with Crippen LogP contribution >= 0.6 is 15.9 Å². The number of rotatable bonds is 5. The van der Waals surface area contributed by atoms with Gasteiger partial charge in [0, 0.05) is 49.3 Å². The zero-order valence-corrected chi connectivity index (χ0v) is 18.5. The topological polar surface area (TPSA) is 53.1 Å². The van der Waals surface area contributed by atoms with E-state index in [0.29, 0.717) is 18.9 Å². The van der Waals surface area contributed by atoms with Crippen molar-refractivity contribution in [3.63, 3.8) is 0 Å². The van der Waals surface area contributed by atoms with E-state index in [0.717, 1.165) is 68.9 Å². The van der Waals surface area contributed by atoms with Crippen molar-refractivity contribution in [3.05, 3.63) is 28.7 Å². The van der Waals surface area contributed by atoms with Crippen LogP contribution in [0.1, 0.15) is 25.7 Å². The molecular weight excluding hydrogens is 434 g/mol. The minimum absolute atomic E-state index is 0.0434. The number of halogens is 1. The van der Waals surface area contributed by atoms with Crippen molar-refractivity contribution in [3.8, 4) is 0 Å². The van der Waals surface area contributed by atoms with Gasteiger partial charge in [0.05, 0.1) is 19.1 Å². The fraction of sp³-hybridized carbons (Fsp3) is 0.636. The minimum atomic E-state index is -0.216. The maximum atomic E-state index is 13.0. The first kappa shape index (κ1) is 20.8. The molecule has 7 heteroatoms. The Hall–Kier alpha value is -1.44. The third-order valence-electron chi connectivity index (χ3n) is 6.48. The SMILES string of the molecule is O=C(C1CC(=O)N(c2cccc(Br)c2)C1)N1CCC(CCN2CCOCC2)CC1. The zero-order chi connectivity index (χ0) is 20.2. The number of ether oxygens (including phenoxy) is 1. The molecule has 0 aromatic heterocycles. The average Bonchev–Trinajstić information content (AvgIpc) is 3.14. The van der Waals surface area contributed by atoms with Crippen molar-refractivity contribution >= 4 is 33.4 Å². The van der Waals surface area contributed by atoms with E-state index in [1.165, 1.54) is 6.42 Å². The number of carbonyl (C=O) groups excluding carboxylic acids is 2. The molecule has 1 unspecified atom stereocenters. The van der Waals surface area contributed by atoms with Gasteiger partial charge < -0.3 is 14.5 Å². The van der Waals surface area contributed by atoms with E-state index < -0.39 is 0 Å². The molecule has 3 saturated heterocycles. The van der Waals surface area contributed by atoms with Gasteiger partial charge in [-0.15, -0.1) is 0 Å². The van der Waals surface area contributed by atoms with Gasteiger partial charge in [0.1, 0.15) is 0 Å². The smallest absolute Gasteiger partial charge is 0.228 e. The fourth-order valence-electron chi connectivity index (χ4n) is 4.66. The van der Waals surface area contributed by atoms with Crippen LogP contribution in [0, 0.1) is 11.8 Å². The molecule has 3 aliphatic rings. The molecule has 3 fully saturated rings. The number of hydrogen-bond acceptors (Lipinski definition) is 4. The molecule has 0 bridgehead atoms. The predicted octanol–water partition coefficient (Wildman–Crippen LogP) is 2.76. The highest BCUT2D eigenvalue weighted by Gasteiger charge is 2.38. The third-order valence-corrected chi connectivity index (χ3v) is 6.97. The van der Waals surface area contributed by atoms with Gasteiger partial charge in [0.2, 0.25) is 11.8 Å². The number of nitrogens with zero attached hydrogens (tertiary/aromatic N) is 3. The maximum absolute atomic E-state index is 13.0. The van der Waals surface area contributed by atoms with E-state index in [-0.39, 0.29) is 17.7 Å². The van der Waals surface area contributed by atoms with Gasteiger partial charge in [-0.05, 0) is 49.9 Å². The molecule has 2 amide bonds. The van der Waals surface area contributed by atoms with Gasteiger partial charge in [0.15, 0.2) is 0 Å². The Morgan fingerprint density at radius 2 is 1.90 bits per heavy atom. The zero-order valence-electron chi connectivity index (χ0n) is 16.9. The van der Waals surface area contributed by atoms with E-state index >= 15 is 0 Å². The van der Waals surface area contributed by atoms with Gasteiger partial charge in [-0.2, -0.15) is 0 Å². The number of morpholine rings is 1. The second-order valence-electron chi connectivity index (χ2n) is 8.40. The summed E-state index contributed by atoms with van der Waals surface area (Å²) in [5.41, 5.74) is 0.862. The summed E-state index contributed by atoms with van der Waals surface area (Å²) >= 11 is 3.46. The Balaban J connectivity index is 1.25. The van der Waals surface area contributed by atoms with Crippen molar-refractivity contribution < 1.29 is 14.3 Å². The predicted molar refractivity (Wildman–Crippen MR) is 116 cm³/mol. The van der Waals surface area contributed by atoms with Gasteiger partial charge in [-0.1, -0.05) is 22.0 Å². The van der Waals surface area contributed by atoms with Crippen LogP contribution in [0.3, 0.4) is 0 Å². The van der Waals surface area contributed by atoms with Crippen molar-refractivity contribution in [2.24, 2.45) is 11.8 Å². The van der Waals surface area contributed by atoms with Crippen molar-refractivity contribution in [1.82, 2.24) is 9.80 Å². The number of benzene rings is 1. The summed E-state index contributed by atoms with van der Waals surface area (Å²) in [6, 6.07) is 7.72. The van der Waals surface area contributed by atoms with Crippen LogP contribution in [0.25, 0.3) is 0 Å². The van der Waals surface area contributed by atoms with Gasteiger partial charge in [-0.25, -0.2) is 0 Å². The van der Waals surface area contributed by atoms with Crippen LogP contribution in [0.15, 0.2) is 28.7 Å². The lowest BCUT2D eigenvalue weighted by atomic mass is 9.92. The van der Waals surface area contributed by atoms with Crippen LogP contribution in [0.4, 0.5) is 5.69 Å². The molecule has 0 saturated carbocycles. The molecule has 29 heavy (non-hydrogen) atoms. The first-order chi connectivity index (χ1) is 14.1. The lowest BCUT2D eigenvalue weighted by Gasteiger charge is -2.35. The third kappa shape index (κ3) is 5.19. The second-order valence-corrected chi connectivity index (χ2v) is 9.31. The monoisotopic (exact) mass is 463 g/mol. The first-order valence-electron chi connectivity index (χ1n) is 10.7. The highest BCUT2D eigenvalue weighted by molar-refractivity contribution is 9.10. The summed E-state index contributed by atoms with van der Waals surface area (Å²) in [7, 11) is 0. The molecule has 1 atom stereocenters. The van der Waals surface area contributed by atoms with E-state index in [9.17, 15) is 9.59 Å². The number of carbonyl (C=O) groups is 2. The summed E-state index contributed by atoms with van der Waals surface area (Å²) in [6.07, 6.45) is 3.68. The van der Waals surface area contributed by atoms with Gasteiger partial charge in [0.25, 0.3) is 0 Å². The highest BCUT2D eigenvalue weighted by Crippen LogP contribution is 2.30. The Kier molecular flexibility index (Phi) is 6.88. The minimum Gasteiger partial charge on any atom is -0.379 e. The molecule has 0 N–H and O–H groups in total. The number of anilines is 1. The molecule has 4 rings (SSSR count). The van der Waals surface area contributed by atoms with E-state index in [4.69, 9.17) is 4.74 Å². The normalized spacial score (nSPS) is 24.3. The van der Waals surface area contributed by atoms with Gasteiger partial charge in [-0.3, -0.25) is 14.5 Å². The molecule has 0 spiro atoms. The Morgan fingerprint density at radius 3 is 2.62 bits per heavy atom. The van der Waals surface area contributed by atoms with Crippen LogP contribution in [-0.4, -0.2) is 74.1 Å². The summed E-state index contributed by atoms with van der Waals surface area (Å²) in [4.78, 5) is 31.7. The molecule has 6 nitrogen and oxygen atoms in total. The molecule has 3 heterocycles. The largest absolute Gasteiger partial charge is 0.379 e. The van der Waals surface area contributed by atoms with E-state index in [1.54, 1.807) is 4.90 Å². The molecule has 1 aromatic rings. The van der Waals surface area contributed by atoms with E-state index in [2.05, 4.69) is 20.8 Å². The standard InChI is InChI=1S/C22H30BrN3O3/c23-19-2-1-3-20(15-19)26-16-18(14-21(26)27)22(28)25-8-5-17(6-9-25)4-7-24-10-12-29-13-11-24/h1-3,15,17-18H,4-14,16H2. The summed E-state index contributed by atoms with van der Waals surface area (Å²) in [6.45, 7) is 7.07. The Bertz CT molecular complexity index is 730. The van der Waals surface area contributed by atoms with E-state index in [1.807, 2.05) is 29.2 Å². The lowest BCUT2D eigenvalue weighted by molar-refractivity contribution is -0.137. The molecule has 1 aromatic carbocycles. The Labute approximate surface area is 181 Å². The summed E-state index contributed by atoms with van der Waals surface area (Å²) in [5.74, 6) is 0.681. The van der Waals surface area contributed by atoms with Crippen LogP contribution < -0.4 is 4.90 Å². The molecular formula is C22H30BrN3O3. The number of likely N-dealkylation sites (tertiary alicyclic amines) is 1. The fourth-order valence-corrected chi connectivity index (χ4v) is 5.04. The number of piperidine rings is 1. The molecule has 158 valence electrons. The lowest BCUT2D eigenvalue weighted by Crippen LogP contribution is -2.43. The Morgan fingerprint density at radius 1 is 1.14 bits per heavy atom. The summed E-state index contributed by atoms with van der Waals surface area (Å²) in [5, 5.41) is 0. The van der Waals surface area contributed by atoms with Crippen LogP contribution in [0.5, 0.6) is 0 Å². The molecule has 3 aliphatic heterocycles. The van der Waals surface area contributed by atoms with Crippen molar-refractivity contribution in [1.29, 1.82) is 0 Å². The van der Waals surface area contributed by atoms with Crippen LogP contribution in [0.2, 0.25) is 0 Å². The number of amides is 2.